The van der Waals surface area contributed by atoms with Gasteiger partial charge in [-0.1, -0.05) is 72.8 Å². The maximum atomic E-state index is 11.9. The minimum absolute atomic E-state index is 0.127. The Hall–Kier alpha value is -3.20. The Labute approximate surface area is 152 Å². The van der Waals surface area contributed by atoms with Crippen molar-refractivity contribution in [3.8, 4) is 0 Å². The van der Waals surface area contributed by atoms with Crippen molar-refractivity contribution in [2.24, 2.45) is 0 Å². The molecule has 2 amide bonds. The predicted molar refractivity (Wildman–Crippen MR) is 102 cm³/mol. The normalized spacial score (nSPS) is 14.3. The van der Waals surface area contributed by atoms with Crippen molar-refractivity contribution >= 4 is 17.5 Å². The van der Waals surface area contributed by atoms with Crippen LogP contribution in [-0.2, 0) is 9.59 Å². The zero-order valence-corrected chi connectivity index (χ0v) is 14.3. The third-order valence-electron chi connectivity index (χ3n) is 4.59. The van der Waals surface area contributed by atoms with Crippen molar-refractivity contribution < 1.29 is 9.59 Å². The molecule has 1 fully saturated rings. The molecule has 26 heavy (non-hydrogen) atoms. The van der Waals surface area contributed by atoms with Gasteiger partial charge in [-0.15, -0.1) is 0 Å². The molecule has 3 aromatic rings. The Kier molecular flexibility index (Phi) is 4.36. The highest BCUT2D eigenvalue weighted by Crippen LogP contribution is 2.32. The first-order chi connectivity index (χ1) is 12.7. The number of hydrogen-bond donors (Lipinski definition) is 0. The highest BCUT2D eigenvalue weighted by atomic mass is 16.2. The molecule has 0 bridgehead atoms. The van der Waals surface area contributed by atoms with E-state index in [4.69, 9.17) is 0 Å². The van der Waals surface area contributed by atoms with Crippen LogP contribution in [0.25, 0.3) is 0 Å². The van der Waals surface area contributed by atoms with Gasteiger partial charge in [0.25, 0.3) is 0 Å². The van der Waals surface area contributed by atoms with Crippen molar-refractivity contribution in [3.05, 3.63) is 108 Å². The molecule has 0 saturated carbocycles. The minimum atomic E-state index is -0.127. The second-order valence-electron chi connectivity index (χ2n) is 6.28. The van der Waals surface area contributed by atoms with Gasteiger partial charge in [-0.25, -0.2) is 0 Å². The molecule has 1 heterocycles. The minimum Gasteiger partial charge on any atom is -0.274 e. The predicted octanol–water partition coefficient (Wildman–Crippen LogP) is 4.36. The van der Waals surface area contributed by atoms with E-state index < -0.39 is 0 Å². The Morgan fingerprint density at radius 2 is 1.00 bits per heavy atom. The molecule has 0 spiro atoms. The van der Waals surface area contributed by atoms with E-state index >= 15 is 0 Å². The highest BCUT2D eigenvalue weighted by molar-refractivity contribution is 6.19. The molecule has 1 radical (unpaired) electrons. The van der Waals surface area contributed by atoms with Crippen LogP contribution in [0.1, 0.15) is 29.5 Å². The fourth-order valence-electron chi connectivity index (χ4n) is 3.35. The van der Waals surface area contributed by atoms with E-state index in [1.807, 2.05) is 60.7 Å². The van der Waals surface area contributed by atoms with E-state index in [0.717, 1.165) is 22.6 Å². The van der Waals surface area contributed by atoms with Crippen LogP contribution < -0.4 is 4.90 Å². The lowest BCUT2D eigenvalue weighted by Crippen LogP contribution is -2.28. The SMILES string of the molecule is O=C1CCC(=O)N1c1ccc([C](c2ccccc2)c2ccccc2)cc1. The summed E-state index contributed by atoms with van der Waals surface area (Å²) < 4.78 is 0. The van der Waals surface area contributed by atoms with E-state index in [1.165, 1.54) is 4.90 Å². The second kappa shape index (κ2) is 6.96. The molecular weight excluding hydrogens is 322 g/mol. The Morgan fingerprint density at radius 1 is 0.577 bits per heavy atom. The summed E-state index contributed by atoms with van der Waals surface area (Å²) in [5, 5.41) is 0. The van der Waals surface area contributed by atoms with Crippen molar-refractivity contribution in [2.45, 2.75) is 12.8 Å². The molecule has 0 unspecified atom stereocenters. The van der Waals surface area contributed by atoms with Gasteiger partial charge in [0.15, 0.2) is 0 Å². The molecule has 0 atom stereocenters. The second-order valence-corrected chi connectivity index (χ2v) is 6.28. The van der Waals surface area contributed by atoms with Crippen molar-refractivity contribution in [2.75, 3.05) is 4.90 Å². The van der Waals surface area contributed by atoms with E-state index in [1.54, 1.807) is 0 Å². The van der Waals surface area contributed by atoms with Crippen LogP contribution in [0.5, 0.6) is 0 Å². The zero-order valence-electron chi connectivity index (χ0n) is 14.3. The van der Waals surface area contributed by atoms with Crippen molar-refractivity contribution in [1.29, 1.82) is 0 Å². The lowest BCUT2D eigenvalue weighted by atomic mass is 9.85. The summed E-state index contributed by atoms with van der Waals surface area (Å²) in [7, 11) is 0. The third kappa shape index (κ3) is 3.04. The summed E-state index contributed by atoms with van der Waals surface area (Å²) >= 11 is 0. The molecule has 0 aliphatic carbocycles. The maximum Gasteiger partial charge on any atom is 0.234 e. The number of hydrogen-bond acceptors (Lipinski definition) is 2. The molecular formula is C23H18NO2. The quantitative estimate of drug-likeness (QED) is 0.523. The van der Waals surface area contributed by atoms with E-state index in [-0.39, 0.29) is 11.8 Å². The topological polar surface area (TPSA) is 37.4 Å². The van der Waals surface area contributed by atoms with Gasteiger partial charge in [-0.2, -0.15) is 0 Å². The molecule has 3 heteroatoms. The smallest absolute Gasteiger partial charge is 0.234 e. The molecule has 1 aliphatic rings. The van der Waals surface area contributed by atoms with Gasteiger partial charge in [0.1, 0.15) is 0 Å². The zero-order chi connectivity index (χ0) is 17.9. The molecule has 4 rings (SSSR count). The van der Waals surface area contributed by atoms with Crippen molar-refractivity contribution in [1.82, 2.24) is 0 Å². The van der Waals surface area contributed by atoms with Crippen LogP contribution in [0.4, 0.5) is 5.69 Å². The lowest BCUT2D eigenvalue weighted by Gasteiger charge is -2.19. The molecule has 127 valence electrons. The number of anilines is 1. The van der Waals surface area contributed by atoms with E-state index in [9.17, 15) is 9.59 Å². The van der Waals surface area contributed by atoms with Gasteiger partial charge in [0.2, 0.25) is 11.8 Å². The molecule has 0 N–H and O–H groups in total. The maximum absolute atomic E-state index is 11.9. The van der Waals surface area contributed by atoms with E-state index in [0.29, 0.717) is 18.5 Å². The summed E-state index contributed by atoms with van der Waals surface area (Å²) in [6.45, 7) is 0. The summed E-state index contributed by atoms with van der Waals surface area (Å²) in [4.78, 5) is 25.2. The van der Waals surface area contributed by atoms with Crippen LogP contribution in [0.15, 0.2) is 84.9 Å². The molecule has 3 nitrogen and oxygen atoms in total. The first kappa shape index (κ1) is 16.3. The summed E-state index contributed by atoms with van der Waals surface area (Å²) in [6, 6.07) is 28.1. The van der Waals surface area contributed by atoms with Gasteiger partial charge in [0.05, 0.1) is 11.6 Å². The molecule has 0 aromatic heterocycles. The van der Waals surface area contributed by atoms with Crippen molar-refractivity contribution in [3.63, 3.8) is 0 Å². The van der Waals surface area contributed by atoms with Crippen LogP contribution in [0, 0.1) is 5.92 Å². The number of carbonyl (C=O) groups is 2. The molecule has 1 aliphatic heterocycles. The Morgan fingerprint density at radius 3 is 1.46 bits per heavy atom. The number of nitrogens with zero attached hydrogens (tertiary/aromatic N) is 1. The third-order valence-corrected chi connectivity index (χ3v) is 4.59. The van der Waals surface area contributed by atoms with Gasteiger partial charge in [-0.05, 0) is 28.8 Å². The monoisotopic (exact) mass is 340 g/mol. The summed E-state index contributed by atoms with van der Waals surface area (Å²) in [5.41, 5.74) is 3.94. The van der Waals surface area contributed by atoms with Crippen LogP contribution in [-0.4, -0.2) is 11.8 Å². The Bertz CT molecular complexity index is 862. The van der Waals surface area contributed by atoms with E-state index in [2.05, 4.69) is 24.3 Å². The number of amides is 2. The van der Waals surface area contributed by atoms with Gasteiger partial charge >= 0.3 is 0 Å². The highest BCUT2D eigenvalue weighted by Gasteiger charge is 2.30. The van der Waals surface area contributed by atoms with Gasteiger partial charge in [0, 0.05) is 12.8 Å². The van der Waals surface area contributed by atoms with Gasteiger partial charge < -0.3 is 0 Å². The first-order valence-electron chi connectivity index (χ1n) is 8.68. The largest absolute Gasteiger partial charge is 0.274 e. The average Bonchev–Trinajstić information content (AvgIpc) is 3.03. The number of rotatable bonds is 4. The summed E-state index contributed by atoms with van der Waals surface area (Å²) in [5.74, 6) is 0.868. The standard InChI is InChI=1S/C23H18NO2/c25-21-15-16-22(26)24(21)20-13-11-19(12-14-20)23(17-7-3-1-4-8-17)18-9-5-2-6-10-18/h1-14H,15-16H2. The fraction of sp³-hybridized carbons (Fsp3) is 0.0870. The fourth-order valence-corrected chi connectivity index (χ4v) is 3.35. The molecule has 3 aromatic carbocycles. The summed E-state index contributed by atoms with van der Waals surface area (Å²) in [6.07, 6.45) is 0.595. The number of benzene rings is 3. The number of imide groups is 1. The van der Waals surface area contributed by atoms with Gasteiger partial charge in [-0.3, -0.25) is 14.5 Å². The first-order valence-corrected chi connectivity index (χ1v) is 8.68. The number of carbonyl (C=O) groups excluding carboxylic acids is 2. The van der Waals surface area contributed by atoms with Crippen LogP contribution in [0.2, 0.25) is 0 Å². The van der Waals surface area contributed by atoms with Crippen LogP contribution >= 0.6 is 0 Å². The average molecular weight is 340 g/mol. The van der Waals surface area contributed by atoms with Crippen LogP contribution in [0.3, 0.4) is 0 Å². The Balaban J connectivity index is 1.73. The molecule has 1 saturated heterocycles. The lowest BCUT2D eigenvalue weighted by molar-refractivity contribution is -0.121.